The zero-order valence-electron chi connectivity index (χ0n) is 17.1. The SMILES string of the molecule is Cc1ccc(Cn2nc(C)c(C(=O)N3CCc4[nH]c5ccccc5c4C3)c2Cl)cc1. The summed E-state index contributed by atoms with van der Waals surface area (Å²) in [6, 6.07) is 16.5. The number of nitrogens with one attached hydrogen (secondary N) is 1. The minimum absolute atomic E-state index is 0.0522. The molecule has 30 heavy (non-hydrogen) atoms. The summed E-state index contributed by atoms with van der Waals surface area (Å²) in [5.74, 6) is -0.0522. The number of aryl methyl sites for hydroxylation is 2. The Morgan fingerprint density at radius 2 is 1.90 bits per heavy atom. The van der Waals surface area contributed by atoms with E-state index >= 15 is 0 Å². The van der Waals surface area contributed by atoms with Crippen molar-refractivity contribution in [2.24, 2.45) is 0 Å². The fourth-order valence-corrected chi connectivity index (χ4v) is 4.58. The summed E-state index contributed by atoms with van der Waals surface area (Å²) in [7, 11) is 0. The molecule has 2 aromatic heterocycles. The van der Waals surface area contributed by atoms with Gasteiger partial charge < -0.3 is 9.88 Å². The summed E-state index contributed by atoms with van der Waals surface area (Å²) in [5, 5.41) is 6.15. The van der Waals surface area contributed by atoms with Crippen molar-refractivity contribution in [3.05, 3.63) is 87.3 Å². The predicted molar refractivity (Wildman–Crippen MR) is 119 cm³/mol. The molecular formula is C24H23ClN4O. The zero-order valence-corrected chi connectivity index (χ0v) is 17.8. The van der Waals surface area contributed by atoms with Crippen molar-refractivity contribution in [3.8, 4) is 0 Å². The molecule has 1 amide bonds. The topological polar surface area (TPSA) is 53.9 Å². The van der Waals surface area contributed by atoms with E-state index in [1.165, 1.54) is 22.2 Å². The van der Waals surface area contributed by atoms with Crippen molar-refractivity contribution < 1.29 is 4.79 Å². The third-order valence-corrected chi connectivity index (χ3v) is 6.29. The van der Waals surface area contributed by atoms with Gasteiger partial charge in [-0.25, -0.2) is 4.68 Å². The van der Waals surface area contributed by atoms with Crippen LogP contribution in [0.15, 0.2) is 48.5 Å². The summed E-state index contributed by atoms with van der Waals surface area (Å²) in [6.07, 6.45) is 0.809. The van der Waals surface area contributed by atoms with E-state index < -0.39 is 0 Å². The number of carbonyl (C=O) groups is 1. The van der Waals surface area contributed by atoms with Crippen LogP contribution in [0.5, 0.6) is 0 Å². The molecule has 6 heteroatoms. The number of carbonyl (C=O) groups excluding carboxylic acids is 1. The Bertz CT molecular complexity index is 1250. The summed E-state index contributed by atoms with van der Waals surface area (Å²) in [5.41, 5.74) is 7.03. The molecule has 4 aromatic rings. The fraction of sp³-hybridized carbons (Fsp3) is 0.250. The number of rotatable bonds is 3. The third kappa shape index (κ3) is 3.19. The monoisotopic (exact) mass is 418 g/mol. The van der Waals surface area contributed by atoms with Crippen LogP contribution in [0, 0.1) is 13.8 Å². The molecule has 152 valence electrons. The van der Waals surface area contributed by atoms with Gasteiger partial charge in [0.05, 0.1) is 17.8 Å². The van der Waals surface area contributed by atoms with Crippen molar-refractivity contribution in [2.45, 2.75) is 33.4 Å². The van der Waals surface area contributed by atoms with Crippen molar-refractivity contribution in [1.82, 2.24) is 19.7 Å². The van der Waals surface area contributed by atoms with Crippen LogP contribution in [0.25, 0.3) is 10.9 Å². The van der Waals surface area contributed by atoms with E-state index in [9.17, 15) is 4.79 Å². The van der Waals surface area contributed by atoms with Gasteiger partial charge in [-0.3, -0.25) is 4.79 Å². The second-order valence-electron chi connectivity index (χ2n) is 8.00. The quantitative estimate of drug-likeness (QED) is 0.515. The van der Waals surface area contributed by atoms with Gasteiger partial charge in [0.2, 0.25) is 0 Å². The van der Waals surface area contributed by atoms with Crippen LogP contribution in [0.4, 0.5) is 0 Å². The maximum Gasteiger partial charge on any atom is 0.259 e. The highest BCUT2D eigenvalue weighted by Gasteiger charge is 2.29. The van der Waals surface area contributed by atoms with Crippen LogP contribution < -0.4 is 0 Å². The highest BCUT2D eigenvalue weighted by molar-refractivity contribution is 6.33. The molecule has 5 rings (SSSR count). The molecular weight excluding hydrogens is 396 g/mol. The number of hydrogen-bond donors (Lipinski definition) is 1. The van der Waals surface area contributed by atoms with Gasteiger partial charge in [-0.15, -0.1) is 0 Å². The van der Waals surface area contributed by atoms with E-state index in [2.05, 4.69) is 53.4 Å². The van der Waals surface area contributed by atoms with Crippen molar-refractivity contribution in [1.29, 1.82) is 0 Å². The molecule has 2 aromatic carbocycles. The lowest BCUT2D eigenvalue weighted by atomic mass is 10.0. The Hall–Kier alpha value is -3.05. The first-order valence-electron chi connectivity index (χ1n) is 10.2. The third-order valence-electron chi connectivity index (χ3n) is 5.90. The number of fused-ring (bicyclic) bond motifs is 3. The number of nitrogens with zero attached hydrogens (tertiary/aromatic N) is 3. The molecule has 1 aliphatic heterocycles. The van der Waals surface area contributed by atoms with Gasteiger partial charge in [0, 0.05) is 41.7 Å². The number of amides is 1. The molecule has 0 aliphatic carbocycles. The molecule has 0 bridgehead atoms. The van der Waals surface area contributed by atoms with Crippen LogP contribution in [-0.4, -0.2) is 32.1 Å². The number of para-hydroxylation sites is 1. The average molecular weight is 419 g/mol. The first kappa shape index (κ1) is 18.9. The summed E-state index contributed by atoms with van der Waals surface area (Å²) in [4.78, 5) is 18.8. The van der Waals surface area contributed by atoms with E-state index in [-0.39, 0.29) is 5.91 Å². The Labute approximate surface area is 180 Å². The van der Waals surface area contributed by atoms with E-state index in [1.807, 2.05) is 24.0 Å². The molecule has 0 saturated carbocycles. The van der Waals surface area contributed by atoms with Gasteiger partial charge in [-0.05, 0) is 25.5 Å². The lowest BCUT2D eigenvalue weighted by Gasteiger charge is -2.27. The fourth-order valence-electron chi connectivity index (χ4n) is 4.27. The number of halogens is 1. The van der Waals surface area contributed by atoms with Crippen LogP contribution in [-0.2, 0) is 19.5 Å². The van der Waals surface area contributed by atoms with Crippen molar-refractivity contribution in [3.63, 3.8) is 0 Å². The molecule has 3 heterocycles. The number of hydrogen-bond acceptors (Lipinski definition) is 2. The van der Waals surface area contributed by atoms with E-state index in [0.29, 0.717) is 36.0 Å². The van der Waals surface area contributed by atoms with Gasteiger partial charge in [0.25, 0.3) is 5.91 Å². The second-order valence-corrected chi connectivity index (χ2v) is 8.36. The normalized spacial score (nSPS) is 13.6. The van der Waals surface area contributed by atoms with Crippen molar-refractivity contribution >= 4 is 28.4 Å². The lowest BCUT2D eigenvalue weighted by Crippen LogP contribution is -2.36. The maximum atomic E-state index is 13.4. The second kappa shape index (κ2) is 7.33. The number of aromatic nitrogens is 3. The van der Waals surface area contributed by atoms with E-state index in [1.54, 1.807) is 4.68 Å². The van der Waals surface area contributed by atoms with Crippen LogP contribution in [0.2, 0.25) is 5.15 Å². The predicted octanol–water partition coefficient (Wildman–Crippen LogP) is 4.88. The van der Waals surface area contributed by atoms with Gasteiger partial charge in [-0.2, -0.15) is 5.10 Å². The number of H-pyrrole nitrogens is 1. The minimum Gasteiger partial charge on any atom is -0.358 e. The molecule has 0 radical (unpaired) electrons. The highest BCUT2D eigenvalue weighted by Crippen LogP contribution is 2.30. The molecule has 0 atom stereocenters. The van der Waals surface area contributed by atoms with Crippen LogP contribution in [0.3, 0.4) is 0 Å². The Morgan fingerprint density at radius 1 is 1.13 bits per heavy atom. The first-order chi connectivity index (χ1) is 14.5. The van der Waals surface area contributed by atoms with Crippen LogP contribution >= 0.6 is 11.6 Å². The van der Waals surface area contributed by atoms with Crippen molar-refractivity contribution in [2.75, 3.05) is 6.54 Å². The summed E-state index contributed by atoms with van der Waals surface area (Å²) < 4.78 is 1.72. The summed E-state index contributed by atoms with van der Waals surface area (Å²) >= 11 is 6.65. The zero-order chi connectivity index (χ0) is 20.8. The number of benzene rings is 2. The van der Waals surface area contributed by atoms with E-state index in [4.69, 9.17) is 11.6 Å². The molecule has 1 N–H and O–H groups in total. The lowest BCUT2D eigenvalue weighted by molar-refractivity contribution is 0.0734. The Kier molecular flexibility index (Phi) is 4.63. The molecule has 0 spiro atoms. The molecule has 0 saturated heterocycles. The maximum absolute atomic E-state index is 13.4. The minimum atomic E-state index is -0.0522. The average Bonchev–Trinajstić information content (AvgIpc) is 3.25. The standard InChI is InChI=1S/C24H23ClN4O/c1-15-7-9-17(10-8-15)13-29-23(25)22(16(2)27-29)24(30)28-12-11-21-19(14-28)18-5-3-4-6-20(18)26-21/h3-10,26H,11-14H2,1-2H3. The van der Waals surface area contributed by atoms with Gasteiger partial charge in [0.1, 0.15) is 5.15 Å². The first-order valence-corrected chi connectivity index (χ1v) is 10.5. The van der Waals surface area contributed by atoms with Crippen LogP contribution in [0.1, 0.15) is 38.4 Å². The number of aromatic amines is 1. The van der Waals surface area contributed by atoms with E-state index in [0.717, 1.165) is 17.5 Å². The van der Waals surface area contributed by atoms with Gasteiger partial charge in [0.15, 0.2) is 0 Å². The summed E-state index contributed by atoms with van der Waals surface area (Å²) in [6.45, 7) is 5.70. The highest BCUT2D eigenvalue weighted by atomic mass is 35.5. The van der Waals surface area contributed by atoms with Gasteiger partial charge >= 0.3 is 0 Å². The molecule has 0 unspecified atom stereocenters. The van der Waals surface area contributed by atoms with Gasteiger partial charge in [-0.1, -0.05) is 59.6 Å². The Balaban J connectivity index is 1.42. The molecule has 0 fully saturated rings. The largest absolute Gasteiger partial charge is 0.358 e. The molecule has 5 nitrogen and oxygen atoms in total. The smallest absolute Gasteiger partial charge is 0.259 e. The molecule has 1 aliphatic rings. The Morgan fingerprint density at radius 3 is 2.70 bits per heavy atom.